The number of carbonyl (C=O) groups is 1. The fraction of sp³-hybridized carbons (Fsp3) is 0.900. The van der Waals surface area contributed by atoms with E-state index in [9.17, 15) is 4.79 Å². The minimum absolute atomic E-state index is 0.305. The van der Waals surface area contributed by atoms with E-state index in [4.69, 9.17) is 10.8 Å². The van der Waals surface area contributed by atoms with E-state index in [1.165, 1.54) is 0 Å². The molecule has 0 bridgehead atoms. The normalized spacial score (nSPS) is 21.1. The molecule has 0 aromatic carbocycles. The van der Waals surface area contributed by atoms with E-state index >= 15 is 0 Å². The van der Waals surface area contributed by atoms with E-state index in [0.717, 1.165) is 25.9 Å². The van der Waals surface area contributed by atoms with Gasteiger partial charge in [0.05, 0.1) is 5.41 Å². The fourth-order valence-electron chi connectivity index (χ4n) is 1.74. The summed E-state index contributed by atoms with van der Waals surface area (Å²) in [7, 11) is 0. The molecule has 1 aliphatic rings. The zero-order chi connectivity index (χ0) is 10.8. The lowest BCUT2D eigenvalue weighted by atomic mass is 9.92. The average molecular weight is 200 g/mol. The molecule has 0 aromatic heterocycles. The first-order valence-electron chi connectivity index (χ1n) is 5.13. The summed E-state index contributed by atoms with van der Waals surface area (Å²) in [6.45, 7) is 6.01. The predicted octanol–water partition coefficient (Wildman–Crippen LogP) is 0.520. The van der Waals surface area contributed by atoms with Gasteiger partial charge in [-0.2, -0.15) is 0 Å². The Morgan fingerprint density at radius 3 is 2.43 bits per heavy atom. The summed E-state index contributed by atoms with van der Waals surface area (Å²) in [4.78, 5) is 13.1. The molecular formula is C10H20N2O2. The number of carboxylic acids is 1. The van der Waals surface area contributed by atoms with Crippen LogP contribution in [0.15, 0.2) is 0 Å². The van der Waals surface area contributed by atoms with Crippen molar-refractivity contribution in [3.05, 3.63) is 0 Å². The van der Waals surface area contributed by atoms with Crippen LogP contribution in [0.3, 0.4) is 0 Å². The molecule has 0 spiro atoms. The molecule has 0 aliphatic carbocycles. The van der Waals surface area contributed by atoms with Crippen LogP contribution in [0.1, 0.15) is 26.7 Å². The van der Waals surface area contributed by atoms with E-state index in [-0.39, 0.29) is 0 Å². The number of nitrogens with two attached hydrogens (primary N) is 1. The molecule has 4 nitrogen and oxygen atoms in total. The number of piperidine rings is 1. The summed E-state index contributed by atoms with van der Waals surface area (Å²) < 4.78 is 0. The summed E-state index contributed by atoms with van der Waals surface area (Å²) in [5.74, 6) is -0.729. The lowest BCUT2D eigenvalue weighted by molar-refractivity contribution is -0.148. The van der Waals surface area contributed by atoms with Crippen molar-refractivity contribution >= 4 is 5.97 Å². The van der Waals surface area contributed by atoms with Gasteiger partial charge in [-0.15, -0.1) is 0 Å². The molecule has 82 valence electrons. The van der Waals surface area contributed by atoms with Gasteiger partial charge >= 0.3 is 5.97 Å². The van der Waals surface area contributed by atoms with Crippen LogP contribution < -0.4 is 5.73 Å². The molecular weight excluding hydrogens is 180 g/mol. The maximum absolute atomic E-state index is 10.9. The first kappa shape index (κ1) is 11.5. The highest BCUT2D eigenvalue weighted by atomic mass is 16.4. The summed E-state index contributed by atoms with van der Waals surface area (Å²) in [6, 6.07) is 0.305. The van der Waals surface area contributed by atoms with Gasteiger partial charge in [0.1, 0.15) is 0 Å². The number of hydrogen-bond acceptors (Lipinski definition) is 3. The van der Waals surface area contributed by atoms with Gasteiger partial charge in [0.25, 0.3) is 0 Å². The Bertz CT molecular complexity index is 208. The van der Waals surface area contributed by atoms with Crippen molar-refractivity contribution in [3.8, 4) is 0 Å². The summed E-state index contributed by atoms with van der Waals surface area (Å²) >= 11 is 0. The molecule has 0 aromatic rings. The van der Waals surface area contributed by atoms with Crippen molar-refractivity contribution in [1.29, 1.82) is 0 Å². The Morgan fingerprint density at radius 1 is 1.50 bits per heavy atom. The number of hydrogen-bond donors (Lipinski definition) is 2. The Hall–Kier alpha value is -0.610. The molecule has 4 heteroatoms. The Labute approximate surface area is 85.1 Å². The van der Waals surface area contributed by atoms with Gasteiger partial charge in [-0.25, -0.2) is 0 Å². The third-order valence-electron chi connectivity index (χ3n) is 2.83. The topological polar surface area (TPSA) is 66.6 Å². The second kappa shape index (κ2) is 4.28. The summed E-state index contributed by atoms with van der Waals surface area (Å²) in [5.41, 5.74) is 5.13. The van der Waals surface area contributed by atoms with Crippen LogP contribution in [0, 0.1) is 5.41 Å². The number of rotatable bonds is 3. The van der Waals surface area contributed by atoms with Gasteiger partial charge in [0.15, 0.2) is 0 Å². The zero-order valence-electron chi connectivity index (χ0n) is 8.99. The largest absolute Gasteiger partial charge is 0.481 e. The molecule has 0 atom stereocenters. The molecule has 0 radical (unpaired) electrons. The third-order valence-corrected chi connectivity index (χ3v) is 2.83. The summed E-state index contributed by atoms with van der Waals surface area (Å²) in [5, 5.41) is 8.97. The SMILES string of the molecule is CC(C)(CN1CCC(N)CC1)C(=O)O. The standard InChI is InChI=1S/C10H20N2O2/c1-10(2,9(13)14)7-12-5-3-8(11)4-6-12/h8H,3-7,11H2,1-2H3,(H,13,14). The van der Waals surface area contributed by atoms with Crippen LogP contribution in [0.5, 0.6) is 0 Å². The predicted molar refractivity (Wildman–Crippen MR) is 55.1 cm³/mol. The third kappa shape index (κ3) is 2.96. The van der Waals surface area contributed by atoms with E-state index < -0.39 is 11.4 Å². The number of carboxylic acid groups (broad SMARTS) is 1. The van der Waals surface area contributed by atoms with E-state index in [0.29, 0.717) is 12.6 Å². The number of aliphatic carboxylic acids is 1. The molecule has 1 saturated heterocycles. The first-order chi connectivity index (χ1) is 6.42. The molecule has 14 heavy (non-hydrogen) atoms. The fourth-order valence-corrected chi connectivity index (χ4v) is 1.74. The van der Waals surface area contributed by atoms with Gasteiger partial charge in [0.2, 0.25) is 0 Å². The highest BCUT2D eigenvalue weighted by Crippen LogP contribution is 2.19. The quantitative estimate of drug-likeness (QED) is 0.697. The monoisotopic (exact) mass is 200 g/mol. The Kier molecular flexibility index (Phi) is 3.50. The van der Waals surface area contributed by atoms with Gasteiger partial charge in [-0.1, -0.05) is 0 Å². The van der Waals surface area contributed by atoms with Crippen molar-refractivity contribution in [3.63, 3.8) is 0 Å². The van der Waals surface area contributed by atoms with Crippen molar-refractivity contribution in [2.45, 2.75) is 32.7 Å². The van der Waals surface area contributed by atoms with Crippen LogP contribution in [0.4, 0.5) is 0 Å². The molecule has 0 saturated carbocycles. The minimum Gasteiger partial charge on any atom is -0.481 e. The maximum Gasteiger partial charge on any atom is 0.310 e. The number of likely N-dealkylation sites (tertiary alicyclic amines) is 1. The average Bonchev–Trinajstić information content (AvgIpc) is 2.08. The van der Waals surface area contributed by atoms with Gasteiger partial charge in [0, 0.05) is 12.6 Å². The van der Waals surface area contributed by atoms with Crippen LogP contribution >= 0.6 is 0 Å². The molecule has 0 unspecified atom stereocenters. The molecule has 1 heterocycles. The first-order valence-corrected chi connectivity index (χ1v) is 5.13. The lowest BCUT2D eigenvalue weighted by Gasteiger charge is -2.34. The van der Waals surface area contributed by atoms with Crippen molar-refractivity contribution in [1.82, 2.24) is 4.90 Å². The van der Waals surface area contributed by atoms with Gasteiger partial charge in [-0.3, -0.25) is 4.79 Å². The van der Waals surface area contributed by atoms with E-state index in [2.05, 4.69) is 4.90 Å². The van der Waals surface area contributed by atoms with Gasteiger partial charge < -0.3 is 15.7 Å². The van der Waals surface area contributed by atoms with Crippen LogP contribution in [-0.2, 0) is 4.79 Å². The second-order valence-corrected chi connectivity index (χ2v) is 4.80. The zero-order valence-corrected chi connectivity index (χ0v) is 8.99. The second-order valence-electron chi connectivity index (χ2n) is 4.80. The van der Waals surface area contributed by atoms with E-state index in [1.807, 2.05) is 0 Å². The molecule has 0 amide bonds. The Balaban J connectivity index is 2.41. The van der Waals surface area contributed by atoms with E-state index in [1.54, 1.807) is 13.8 Å². The molecule has 1 fully saturated rings. The Morgan fingerprint density at radius 2 is 2.00 bits per heavy atom. The van der Waals surface area contributed by atoms with Gasteiger partial charge in [-0.05, 0) is 39.8 Å². The molecule has 1 rings (SSSR count). The molecule has 3 N–H and O–H groups in total. The van der Waals surface area contributed by atoms with Crippen LogP contribution in [-0.4, -0.2) is 41.7 Å². The highest BCUT2D eigenvalue weighted by Gasteiger charge is 2.30. The van der Waals surface area contributed by atoms with Crippen molar-refractivity contribution < 1.29 is 9.90 Å². The maximum atomic E-state index is 10.9. The lowest BCUT2D eigenvalue weighted by Crippen LogP contribution is -2.45. The van der Waals surface area contributed by atoms with Crippen molar-refractivity contribution in [2.75, 3.05) is 19.6 Å². The highest BCUT2D eigenvalue weighted by molar-refractivity contribution is 5.73. The number of nitrogens with zero attached hydrogens (tertiary/aromatic N) is 1. The molecule has 1 aliphatic heterocycles. The van der Waals surface area contributed by atoms with Crippen LogP contribution in [0.25, 0.3) is 0 Å². The van der Waals surface area contributed by atoms with Crippen LogP contribution in [0.2, 0.25) is 0 Å². The minimum atomic E-state index is -0.729. The van der Waals surface area contributed by atoms with Crippen molar-refractivity contribution in [2.24, 2.45) is 11.1 Å². The summed E-state index contributed by atoms with van der Waals surface area (Å²) in [6.07, 6.45) is 1.96. The smallest absolute Gasteiger partial charge is 0.310 e.